The average molecular weight is 315 g/mol. The molecule has 1 atom stereocenters. The third kappa shape index (κ3) is 5.21. The summed E-state index contributed by atoms with van der Waals surface area (Å²) < 4.78 is 1.72. The fourth-order valence-corrected chi connectivity index (χ4v) is 2.30. The molecule has 1 amide bonds. The molecule has 1 aromatic carbocycles. The van der Waals surface area contributed by atoms with Gasteiger partial charge in [0.1, 0.15) is 0 Å². The number of aliphatic hydroxyl groups is 1. The van der Waals surface area contributed by atoms with Crippen LogP contribution in [0.5, 0.6) is 0 Å². The Morgan fingerprint density at radius 1 is 1.35 bits per heavy atom. The zero-order chi connectivity index (χ0) is 17.0. The molecule has 1 heterocycles. The minimum atomic E-state index is -0.671. The standard InChI is InChI=1S/C18H25N3O2/c1-13(16-11-19-21(4)12-16)20-17(22)15-7-5-14(6-8-15)9-10-18(2,3)23/h5-8,11-13,23H,9-10H2,1-4H3,(H,20,22)/t13-/m0/s1. The van der Waals surface area contributed by atoms with Crippen LogP contribution < -0.4 is 5.32 Å². The molecule has 0 spiro atoms. The van der Waals surface area contributed by atoms with E-state index in [0.29, 0.717) is 12.0 Å². The first-order valence-electron chi connectivity index (χ1n) is 7.85. The summed E-state index contributed by atoms with van der Waals surface area (Å²) in [6.07, 6.45) is 5.13. The van der Waals surface area contributed by atoms with Gasteiger partial charge in [-0.2, -0.15) is 5.10 Å². The molecule has 0 fully saturated rings. The highest BCUT2D eigenvalue weighted by Crippen LogP contribution is 2.15. The number of nitrogens with zero attached hydrogens (tertiary/aromatic N) is 2. The Bertz CT molecular complexity index is 654. The highest BCUT2D eigenvalue weighted by atomic mass is 16.3. The summed E-state index contributed by atoms with van der Waals surface area (Å²) in [5.74, 6) is -0.101. The second-order valence-electron chi connectivity index (χ2n) is 6.65. The smallest absolute Gasteiger partial charge is 0.251 e. The van der Waals surface area contributed by atoms with E-state index in [4.69, 9.17) is 0 Å². The Balaban J connectivity index is 1.94. The zero-order valence-corrected chi connectivity index (χ0v) is 14.2. The molecule has 2 N–H and O–H groups in total. The fraction of sp³-hybridized carbons (Fsp3) is 0.444. The Morgan fingerprint density at radius 2 is 2.00 bits per heavy atom. The Morgan fingerprint density at radius 3 is 2.52 bits per heavy atom. The topological polar surface area (TPSA) is 67.2 Å². The van der Waals surface area contributed by atoms with Crippen LogP contribution >= 0.6 is 0 Å². The molecule has 0 bridgehead atoms. The molecule has 0 unspecified atom stereocenters. The molecule has 5 nitrogen and oxygen atoms in total. The van der Waals surface area contributed by atoms with Crippen molar-refractivity contribution in [3.8, 4) is 0 Å². The summed E-state index contributed by atoms with van der Waals surface area (Å²) in [5.41, 5.74) is 2.05. The van der Waals surface area contributed by atoms with Gasteiger partial charge in [0.25, 0.3) is 5.91 Å². The number of rotatable bonds is 6. The van der Waals surface area contributed by atoms with Crippen molar-refractivity contribution in [2.24, 2.45) is 7.05 Å². The van der Waals surface area contributed by atoms with Crippen LogP contribution in [0, 0.1) is 0 Å². The van der Waals surface area contributed by atoms with Crippen molar-refractivity contribution in [3.63, 3.8) is 0 Å². The summed E-state index contributed by atoms with van der Waals surface area (Å²) in [5, 5.41) is 16.8. The number of nitrogens with one attached hydrogen (secondary N) is 1. The molecular formula is C18H25N3O2. The number of aryl methyl sites for hydroxylation is 2. The molecule has 1 aromatic heterocycles. The van der Waals surface area contributed by atoms with Crippen molar-refractivity contribution < 1.29 is 9.90 Å². The van der Waals surface area contributed by atoms with E-state index in [1.807, 2.05) is 44.4 Å². The number of amides is 1. The molecule has 23 heavy (non-hydrogen) atoms. The Kier molecular flexibility index (Phi) is 5.21. The molecule has 0 radical (unpaired) electrons. The minimum absolute atomic E-state index is 0.0916. The summed E-state index contributed by atoms with van der Waals surface area (Å²) >= 11 is 0. The summed E-state index contributed by atoms with van der Waals surface area (Å²) in [7, 11) is 1.85. The molecule has 2 aromatic rings. The first kappa shape index (κ1) is 17.2. The molecule has 124 valence electrons. The average Bonchev–Trinajstić information content (AvgIpc) is 2.91. The van der Waals surface area contributed by atoms with Gasteiger partial charge in [-0.3, -0.25) is 9.48 Å². The maximum atomic E-state index is 12.3. The van der Waals surface area contributed by atoms with Crippen LogP contribution in [0.25, 0.3) is 0 Å². The lowest BCUT2D eigenvalue weighted by Gasteiger charge is -2.16. The molecule has 0 aliphatic carbocycles. The zero-order valence-electron chi connectivity index (χ0n) is 14.2. The molecular weight excluding hydrogens is 290 g/mol. The first-order chi connectivity index (χ1) is 10.7. The van der Waals surface area contributed by atoms with Gasteiger partial charge < -0.3 is 10.4 Å². The Hall–Kier alpha value is -2.14. The molecule has 0 aliphatic heterocycles. The maximum Gasteiger partial charge on any atom is 0.251 e. The first-order valence-corrected chi connectivity index (χ1v) is 7.85. The number of carbonyl (C=O) groups is 1. The number of hydrogen-bond donors (Lipinski definition) is 2. The third-order valence-corrected chi connectivity index (χ3v) is 3.81. The predicted molar refractivity (Wildman–Crippen MR) is 90.2 cm³/mol. The second kappa shape index (κ2) is 6.96. The van der Waals surface area contributed by atoms with Crippen molar-refractivity contribution in [1.82, 2.24) is 15.1 Å². The highest BCUT2D eigenvalue weighted by Gasteiger charge is 2.14. The molecule has 0 saturated carbocycles. The molecule has 0 aliphatic rings. The van der Waals surface area contributed by atoms with Crippen molar-refractivity contribution in [2.45, 2.75) is 45.3 Å². The van der Waals surface area contributed by atoms with Crippen molar-refractivity contribution in [3.05, 3.63) is 53.3 Å². The van der Waals surface area contributed by atoms with E-state index in [2.05, 4.69) is 10.4 Å². The van der Waals surface area contributed by atoms with Crippen molar-refractivity contribution in [1.29, 1.82) is 0 Å². The van der Waals surface area contributed by atoms with Gasteiger partial charge in [0.2, 0.25) is 0 Å². The SMILES string of the molecule is C[C@H](NC(=O)c1ccc(CCC(C)(C)O)cc1)c1cnn(C)c1. The summed E-state index contributed by atoms with van der Waals surface area (Å²) in [6.45, 7) is 5.54. The lowest BCUT2D eigenvalue weighted by molar-refractivity contribution is 0.0713. The maximum absolute atomic E-state index is 12.3. The second-order valence-corrected chi connectivity index (χ2v) is 6.65. The van der Waals surface area contributed by atoms with Gasteiger partial charge in [-0.25, -0.2) is 0 Å². The van der Waals surface area contributed by atoms with E-state index in [9.17, 15) is 9.90 Å². The van der Waals surface area contributed by atoms with Crippen LogP contribution in [-0.4, -0.2) is 26.4 Å². The lowest BCUT2D eigenvalue weighted by Crippen LogP contribution is -2.26. The third-order valence-electron chi connectivity index (χ3n) is 3.81. The van der Waals surface area contributed by atoms with Crippen LogP contribution in [0.3, 0.4) is 0 Å². The van der Waals surface area contributed by atoms with Crippen LogP contribution in [0.15, 0.2) is 36.7 Å². The molecule has 0 saturated heterocycles. The van der Waals surface area contributed by atoms with Crippen molar-refractivity contribution in [2.75, 3.05) is 0 Å². The van der Waals surface area contributed by atoms with E-state index in [1.165, 1.54) is 0 Å². The monoisotopic (exact) mass is 315 g/mol. The van der Waals surface area contributed by atoms with Gasteiger partial charge in [0, 0.05) is 24.4 Å². The van der Waals surface area contributed by atoms with Gasteiger partial charge in [-0.1, -0.05) is 12.1 Å². The highest BCUT2D eigenvalue weighted by molar-refractivity contribution is 5.94. The van der Waals surface area contributed by atoms with Crippen LogP contribution in [0.1, 0.15) is 54.7 Å². The van der Waals surface area contributed by atoms with Crippen LogP contribution in [0.2, 0.25) is 0 Å². The number of aromatic nitrogens is 2. The summed E-state index contributed by atoms with van der Waals surface area (Å²) in [4.78, 5) is 12.3. The van der Waals surface area contributed by atoms with E-state index < -0.39 is 5.60 Å². The van der Waals surface area contributed by atoms with Gasteiger partial charge in [0.15, 0.2) is 0 Å². The molecule has 2 rings (SSSR count). The summed E-state index contributed by atoms with van der Waals surface area (Å²) in [6, 6.07) is 7.44. The molecule has 5 heteroatoms. The quantitative estimate of drug-likeness (QED) is 0.861. The lowest BCUT2D eigenvalue weighted by atomic mass is 9.98. The predicted octanol–water partition coefficient (Wildman–Crippen LogP) is 2.61. The largest absolute Gasteiger partial charge is 0.390 e. The van der Waals surface area contributed by atoms with Gasteiger partial charge in [-0.05, 0) is 51.3 Å². The number of benzene rings is 1. The van der Waals surface area contributed by atoms with Gasteiger partial charge in [0.05, 0.1) is 17.8 Å². The van der Waals surface area contributed by atoms with Crippen molar-refractivity contribution >= 4 is 5.91 Å². The Labute approximate surface area is 137 Å². The normalized spacial score (nSPS) is 12.9. The minimum Gasteiger partial charge on any atom is -0.390 e. The van der Waals surface area contributed by atoms with Crippen LogP contribution in [-0.2, 0) is 13.5 Å². The number of carbonyl (C=O) groups excluding carboxylic acids is 1. The number of hydrogen-bond acceptors (Lipinski definition) is 3. The van der Waals surface area contributed by atoms with E-state index in [1.54, 1.807) is 24.7 Å². The van der Waals surface area contributed by atoms with Gasteiger partial charge in [-0.15, -0.1) is 0 Å². The van der Waals surface area contributed by atoms with Gasteiger partial charge >= 0.3 is 0 Å². The van der Waals surface area contributed by atoms with E-state index >= 15 is 0 Å². The van der Waals surface area contributed by atoms with E-state index in [0.717, 1.165) is 17.5 Å². The fourth-order valence-electron chi connectivity index (χ4n) is 2.30. The van der Waals surface area contributed by atoms with Crippen LogP contribution in [0.4, 0.5) is 0 Å². The van der Waals surface area contributed by atoms with E-state index in [-0.39, 0.29) is 11.9 Å².